The molecule has 6 nitrogen and oxygen atoms in total. The molecular weight excluding hydrogens is 328 g/mol. The van der Waals surface area contributed by atoms with Gasteiger partial charge in [-0.2, -0.15) is 0 Å². The molecule has 2 aromatic rings. The lowest BCUT2D eigenvalue weighted by Crippen LogP contribution is -2.48. The molecule has 1 fully saturated rings. The van der Waals surface area contributed by atoms with Crippen LogP contribution in [0.1, 0.15) is 30.4 Å². The van der Waals surface area contributed by atoms with Gasteiger partial charge in [-0.25, -0.2) is 9.97 Å². The molecule has 0 unspecified atom stereocenters. The van der Waals surface area contributed by atoms with E-state index in [4.69, 9.17) is 4.74 Å². The molecule has 0 aliphatic carbocycles. The summed E-state index contributed by atoms with van der Waals surface area (Å²) < 4.78 is 5.78. The second-order valence-corrected chi connectivity index (χ2v) is 6.77. The summed E-state index contributed by atoms with van der Waals surface area (Å²) in [6.45, 7) is 6.09. The Labute approximate surface area is 154 Å². The Hall–Kier alpha value is -2.63. The number of carbonyl (C=O) groups is 1. The summed E-state index contributed by atoms with van der Waals surface area (Å²) >= 11 is 0. The first-order valence-corrected chi connectivity index (χ1v) is 9.13. The van der Waals surface area contributed by atoms with Crippen LogP contribution in [0.2, 0.25) is 0 Å². The van der Waals surface area contributed by atoms with Gasteiger partial charge in [0.15, 0.2) is 0 Å². The molecule has 1 atom stereocenters. The first kappa shape index (κ1) is 18.2. The minimum Gasteiger partial charge on any atom is -0.493 e. The van der Waals surface area contributed by atoms with Crippen LogP contribution in [0.15, 0.2) is 36.7 Å². The van der Waals surface area contributed by atoms with Crippen molar-refractivity contribution in [2.75, 3.05) is 24.6 Å². The molecule has 2 heterocycles. The summed E-state index contributed by atoms with van der Waals surface area (Å²) in [4.78, 5) is 23.0. The summed E-state index contributed by atoms with van der Waals surface area (Å²) in [6, 6.07) is 8.03. The highest BCUT2D eigenvalue weighted by molar-refractivity contribution is 5.76. The number of aryl methyl sites for hydroxylation is 2. The van der Waals surface area contributed by atoms with E-state index in [9.17, 15) is 4.79 Å². The molecule has 1 saturated heterocycles. The van der Waals surface area contributed by atoms with Gasteiger partial charge in [0.2, 0.25) is 11.9 Å². The number of ether oxygens (including phenoxy) is 1. The van der Waals surface area contributed by atoms with Gasteiger partial charge in [0, 0.05) is 31.5 Å². The van der Waals surface area contributed by atoms with Gasteiger partial charge in [-0.1, -0.05) is 12.1 Å². The van der Waals surface area contributed by atoms with Gasteiger partial charge in [0.1, 0.15) is 5.75 Å². The molecule has 0 bridgehead atoms. The van der Waals surface area contributed by atoms with Crippen molar-refractivity contribution >= 4 is 11.9 Å². The molecule has 1 aliphatic heterocycles. The monoisotopic (exact) mass is 354 g/mol. The normalized spacial score (nSPS) is 17.0. The van der Waals surface area contributed by atoms with Crippen molar-refractivity contribution in [3.63, 3.8) is 0 Å². The van der Waals surface area contributed by atoms with E-state index in [2.05, 4.69) is 26.3 Å². The number of anilines is 1. The van der Waals surface area contributed by atoms with E-state index >= 15 is 0 Å². The smallest absolute Gasteiger partial charge is 0.225 e. The number of benzene rings is 1. The number of amides is 1. The molecule has 1 aliphatic rings. The van der Waals surface area contributed by atoms with Gasteiger partial charge in [-0.3, -0.25) is 4.79 Å². The maximum absolute atomic E-state index is 12.3. The number of rotatable bonds is 6. The quantitative estimate of drug-likeness (QED) is 0.864. The van der Waals surface area contributed by atoms with Crippen LogP contribution in [-0.2, 0) is 4.79 Å². The van der Waals surface area contributed by atoms with Gasteiger partial charge >= 0.3 is 0 Å². The fourth-order valence-electron chi connectivity index (χ4n) is 3.15. The Morgan fingerprint density at radius 2 is 2.12 bits per heavy atom. The Balaban J connectivity index is 1.45. The first-order valence-electron chi connectivity index (χ1n) is 9.13. The summed E-state index contributed by atoms with van der Waals surface area (Å²) in [6.07, 6.45) is 5.84. The van der Waals surface area contributed by atoms with Gasteiger partial charge in [-0.05, 0) is 49.9 Å². The summed E-state index contributed by atoms with van der Waals surface area (Å²) in [5, 5.41) is 3.11. The van der Waals surface area contributed by atoms with Crippen LogP contribution in [0, 0.1) is 13.8 Å². The summed E-state index contributed by atoms with van der Waals surface area (Å²) in [7, 11) is 0. The van der Waals surface area contributed by atoms with Crippen molar-refractivity contribution in [3.05, 3.63) is 47.8 Å². The van der Waals surface area contributed by atoms with Crippen LogP contribution in [0.5, 0.6) is 5.75 Å². The molecule has 138 valence electrons. The van der Waals surface area contributed by atoms with Gasteiger partial charge in [-0.15, -0.1) is 0 Å². The highest BCUT2D eigenvalue weighted by atomic mass is 16.5. The molecule has 26 heavy (non-hydrogen) atoms. The van der Waals surface area contributed by atoms with E-state index in [-0.39, 0.29) is 11.9 Å². The van der Waals surface area contributed by atoms with Crippen LogP contribution in [-0.4, -0.2) is 41.6 Å². The Morgan fingerprint density at radius 3 is 2.92 bits per heavy atom. The Bertz CT molecular complexity index is 736. The number of hydrogen-bond acceptors (Lipinski definition) is 5. The number of carbonyl (C=O) groups excluding carboxylic acids is 1. The molecule has 0 radical (unpaired) electrons. The molecule has 1 N–H and O–H groups in total. The van der Waals surface area contributed by atoms with Gasteiger partial charge < -0.3 is 15.0 Å². The Morgan fingerprint density at radius 1 is 1.31 bits per heavy atom. The highest BCUT2D eigenvalue weighted by Gasteiger charge is 2.22. The van der Waals surface area contributed by atoms with E-state index < -0.39 is 0 Å². The van der Waals surface area contributed by atoms with Crippen molar-refractivity contribution in [2.45, 2.75) is 39.2 Å². The Kier molecular flexibility index (Phi) is 6.04. The maximum Gasteiger partial charge on any atom is 0.225 e. The standard InChI is InChI=1S/C20H26N4O2/c1-15-6-7-16(2)18(13-15)26-12-8-19(25)23-17-5-3-11-24(14-17)20-21-9-4-10-22-20/h4,6-7,9-10,13,17H,3,5,8,11-12,14H2,1-2H3,(H,23,25)/t17-/m0/s1. The van der Waals surface area contributed by atoms with Crippen molar-refractivity contribution in [1.29, 1.82) is 0 Å². The van der Waals surface area contributed by atoms with Gasteiger partial charge in [0.25, 0.3) is 0 Å². The SMILES string of the molecule is Cc1ccc(C)c(OCCC(=O)N[C@H]2CCCN(c3ncccn3)C2)c1. The van der Waals surface area contributed by atoms with Crippen LogP contribution in [0.3, 0.4) is 0 Å². The van der Waals surface area contributed by atoms with Crippen molar-refractivity contribution in [2.24, 2.45) is 0 Å². The van der Waals surface area contributed by atoms with Crippen LogP contribution < -0.4 is 15.0 Å². The molecule has 1 aromatic heterocycles. The molecule has 1 aromatic carbocycles. The third-order valence-corrected chi connectivity index (χ3v) is 4.55. The summed E-state index contributed by atoms with van der Waals surface area (Å²) in [5.74, 6) is 1.60. The second-order valence-electron chi connectivity index (χ2n) is 6.77. The predicted molar refractivity (Wildman–Crippen MR) is 101 cm³/mol. The lowest BCUT2D eigenvalue weighted by molar-refractivity contribution is -0.122. The maximum atomic E-state index is 12.3. The van der Waals surface area contributed by atoms with Crippen molar-refractivity contribution < 1.29 is 9.53 Å². The van der Waals surface area contributed by atoms with Crippen molar-refractivity contribution in [3.8, 4) is 5.75 Å². The minimum atomic E-state index is 0.0242. The topological polar surface area (TPSA) is 67.3 Å². The average molecular weight is 354 g/mol. The van der Waals surface area contributed by atoms with E-state index in [1.807, 2.05) is 32.0 Å². The molecule has 6 heteroatoms. The number of aromatic nitrogens is 2. The molecular formula is C20H26N4O2. The lowest BCUT2D eigenvalue weighted by Gasteiger charge is -2.33. The van der Waals surface area contributed by atoms with E-state index in [1.165, 1.54) is 0 Å². The molecule has 0 saturated carbocycles. The minimum absolute atomic E-state index is 0.0242. The van der Waals surface area contributed by atoms with Crippen molar-refractivity contribution in [1.82, 2.24) is 15.3 Å². The zero-order valence-corrected chi connectivity index (χ0v) is 15.4. The number of piperidine rings is 1. The van der Waals surface area contributed by atoms with Crippen LogP contribution in [0.4, 0.5) is 5.95 Å². The molecule has 1 amide bonds. The van der Waals surface area contributed by atoms with E-state index in [0.29, 0.717) is 13.0 Å². The number of hydrogen-bond donors (Lipinski definition) is 1. The van der Waals surface area contributed by atoms with E-state index in [1.54, 1.807) is 12.4 Å². The third kappa shape index (κ3) is 4.94. The van der Waals surface area contributed by atoms with Gasteiger partial charge in [0.05, 0.1) is 13.0 Å². The molecule has 0 spiro atoms. The van der Waals surface area contributed by atoms with E-state index in [0.717, 1.165) is 48.8 Å². The summed E-state index contributed by atoms with van der Waals surface area (Å²) in [5.41, 5.74) is 2.24. The lowest BCUT2D eigenvalue weighted by atomic mass is 10.1. The molecule has 3 rings (SSSR count). The predicted octanol–water partition coefficient (Wildman–Crippen LogP) is 2.65. The highest BCUT2D eigenvalue weighted by Crippen LogP contribution is 2.19. The largest absolute Gasteiger partial charge is 0.493 e. The van der Waals surface area contributed by atoms with Crippen LogP contribution in [0.25, 0.3) is 0 Å². The zero-order chi connectivity index (χ0) is 18.4. The fourth-order valence-corrected chi connectivity index (χ4v) is 3.15. The number of nitrogens with zero attached hydrogens (tertiary/aromatic N) is 3. The first-order chi connectivity index (χ1) is 12.6. The zero-order valence-electron chi connectivity index (χ0n) is 15.4. The second kappa shape index (κ2) is 8.65. The third-order valence-electron chi connectivity index (χ3n) is 4.55. The average Bonchev–Trinajstić information content (AvgIpc) is 2.65. The number of nitrogens with one attached hydrogen (secondary N) is 1. The fraction of sp³-hybridized carbons (Fsp3) is 0.450. The van der Waals surface area contributed by atoms with Crippen LogP contribution >= 0.6 is 0 Å².